The van der Waals surface area contributed by atoms with Gasteiger partial charge in [0.2, 0.25) is 17.7 Å². The number of hydrogen-bond donors (Lipinski definition) is 4. The van der Waals surface area contributed by atoms with Gasteiger partial charge in [-0.25, -0.2) is 4.98 Å². The summed E-state index contributed by atoms with van der Waals surface area (Å²) in [5, 5.41) is 23.9. The first kappa shape index (κ1) is 25.1. The first-order valence-corrected chi connectivity index (χ1v) is 10.6. The minimum Gasteiger partial charge on any atom is -0.497 e. The van der Waals surface area contributed by atoms with Gasteiger partial charge in [-0.1, -0.05) is 6.07 Å². The smallest absolute Gasteiger partial charge is 0.303 e. The Morgan fingerprint density at radius 1 is 1.00 bits per heavy atom. The number of benzene rings is 1. The van der Waals surface area contributed by atoms with Gasteiger partial charge in [-0.05, 0) is 49.7 Å². The van der Waals surface area contributed by atoms with Gasteiger partial charge >= 0.3 is 5.97 Å². The van der Waals surface area contributed by atoms with Gasteiger partial charge in [0.05, 0.1) is 24.8 Å². The molecule has 0 radical (unpaired) electrons. The van der Waals surface area contributed by atoms with Crippen LogP contribution >= 0.6 is 0 Å². The number of carboxylic acid groups (broad SMARTS) is 1. The van der Waals surface area contributed by atoms with Gasteiger partial charge in [0.15, 0.2) is 0 Å². The molecule has 0 unspecified atom stereocenters. The van der Waals surface area contributed by atoms with E-state index in [1.54, 1.807) is 27.2 Å². The molecule has 182 valence electrons. The molecule has 0 aliphatic rings. The maximum Gasteiger partial charge on any atom is 0.303 e. The summed E-state index contributed by atoms with van der Waals surface area (Å²) in [6.07, 6.45) is 2.10. The van der Waals surface area contributed by atoms with Crippen molar-refractivity contribution in [3.8, 4) is 22.9 Å². The van der Waals surface area contributed by atoms with Gasteiger partial charge in [-0.3, -0.25) is 24.7 Å². The Kier molecular flexibility index (Phi) is 7.59. The van der Waals surface area contributed by atoms with Crippen LogP contribution in [0.3, 0.4) is 0 Å². The van der Waals surface area contributed by atoms with Crippen molar-refractivity contribution in [3.05, 3.63) is 59.9 Å². The average Bonchev–Trinajstić information content (AvgIpc) is 2.82. The first-order valence-electron chi connectivity index (χ1n) is 10.6. The van der Waals surface area contributed by atoms with Crippen LogP contribution in [0, 0.1) is 0 Å². The van der Waals surface area contributed by atoms with Gasteiger partial charge in [-0.15, -0.1) is 0 Å². The fourth-order valence-electron chi connectivity index (χ4n) is 3.12. The van der Waals surface area contributed by atoms with Crippen LogP contribution < -0.4 is 15.4 Å². The van der Waals surface area contributed by atoms with Crippen LogP contribution in [0.15, 0.2) is 48.8 Å². The number of aromatic nitrogens is 3. The molecule has 0 aliphatic heterocycles. The summed E-state index contributed by atoms with van der Waals surface area (Å²) in [6.45, 7) is 3.56. The van der Waals surface area contributed by atoms with Crippen molar-refractivity contribution in [1.82, 2.24) is 20.3 Å². The second-order valence-electron chi connectivity index (χ2n) is 8.11. The zero-order chi connectivity index (χ0) is 25.6. The van der Waals surface area contributed by atoms with E-state index < -0.39 is 29.2 Å². The van der Waals surface area contributed by atoms with Crippen LogP contribution in [0.5, 0.6) is 11.6 Å². The lowest BCUT2D eigenvalue weighted by Gasteiger charge is -2.26. The molecule has 0 atom stereocenters. The van der Waals surface area contributed by atoms with Crippen LogP contribution in [0.2, 0.25) is 0 Å². The van der Waals surface area contributed by atoms with Gasteiger partial charge in [0, 0.05) is 24.4 Å². The number of aromatic hydroxyl groups is 1. The Hall–Kier alpha value is -4.54. The molecule has 35 heavy (non-hydrogen) atoms. The normalized spacial score (nSPS) is 10.9. The maximum absolute atomic E-state index is 12.8. The van der Waals surface area contributed by atoms with Crippen LogP contribution in [0.25, 0.3) is 11.3 Å². The van der Waals surface area contributed by atoms with Crippen molar-refractivity contribution >= 4 is 23.7 Å². The summed E-state index contributed by atoms with van der Waals surface area (Å²) >= 11 is 0. The number of rotatable bonds is 9. The predicted octanol–water partition coefficient (Wildman–Crippen LogP) is 2.72. The summed E-state index contributed by atoms with van der Waals surface area (Å²) in [5.41, 5.74) is 1.36. The third kappa shape index (κ3) is 6.50. The summed E-state index contributed by atoms with van der Waals surface area (Å²) in [4.78, 5) is 47.1. The molecule has 11 heteroatoms. The van der Waals surface area contributed by atoms with E-state index in [0.29, 0.717) is 0 Å². The lowest BCUT2D eigenvalue weighted by atomic mass is 9.95. The van der Waals surface area contributed by atoms with Crippen LogP contribution in [0.1, 0.15) is 42.6 Å². The number of methoxy groups -OCH3 is 1. The molecular formula is C24H25N5O6. The SMILES string of the molecule is COc1ccc(-c2ccc(C(C)(C)NC(=O)c3cnc(NC(=O)CCC(=O)O)nc3O)cn2)cc1. The van der Waals surface area contributed by atoms with Crippen molar-refractivity contribution in [2.75, 3.05) is 12.4 Å². The molecule has 11 nitrogen and oxygen atoms in total. The number of carbonyl (C=O) groups is 3. The largest absolute Gasteiger partial charge is 0.497 e. The minimum atomic E-state index is -1.12. The molecule has 2 amide bonds. The molecule has 0 aliphatic carbocycles. The van der Waals surface area contributed by atoms with E-state index in [1.165, 1.54) is 0 Å². The minimum absolute atomic E-state index is 0.190. The molecule has 2 heterocycles. The van der Waals surface area contributed by atoms with Crippen LogP contribution in [-0.2, 0) is 15.1 Å². The Bertz CT molecular complexity index is 1230. The lowest BCUT2D eigenvalue weighted by Crippen LogP contribution is -2.41. The molecule has 0 bridgehead atoms. The Labute approximate surface area is 201 Å². The highest BCUT2D eigenvalue weighted by Crippen LogP contribution is 2.25. The molecule has 3 rings (SSSR count). The second kappa shape index (κ2) is 10.6. The monoisotopic (exact) mass is 479 g/mol. The fourth-order valence-corrected chi connectivity index (χ4v) is 3.12. The van der Waals surface area contributed by atoms with E-state index in [4.69, 9.17) is 9.84 Å². The summed E-state index contributed by atoms with van der Waals surface area (Å²) < 4.78 is 5.17. The molecule has 1 aromatic carbocycles. The maximum atomic E-state index is 12.8. The number of anilines is 1. The molecule has 3 aromatic rings. The van der Waals surface area contributed by atoms with Crippen molar-refractivity contribution in [3.63, 3.8) is 0 Å². The van der Waals surface area contributed by atoms with Gasteiger partial charge in [0.25, 0.3) is 5.91 Å². The number of pyridine rings is 1. The summed E-state index contributed by atoms with van der Waals surface area (Å²) in [7, 11) is 1.60. The molecule has 0 saturated heterocycles. The van der Waals surface area contributed by atoms with E-state index in [2.05, 4.69) is 25.6 Å². The number of nitrogens with zero attached hydrogens (tertiary/aromatic N) is 3. The number of aliphatic carboxylic acids is 1. The zero-order valence-electron chi connectivity index (χ0n) is 19.4. The van der Waals surface area contributed by atoms with E-state index in [1.807, 2.05) is 36.4 Å². The van der Waals surface area contributed by atoms with Crippen molar-refractivity contribution in [1.29, 1.82) is 0 Å². The summed E-state index contributed by atoms with van der Waals surface area (Å²) in [5.74, 6) is -2.51. The third-order valence-electron chi connectivity index (χ3n) is 5.13. The number of hydrogen-bond acceptors (Lipinski definition) is 8. The molecule has 2 aromatic heterocycles. The Balaban J connectivity index is 1.68. The van der Waals surface area contributed by atoms with Gasteiger partial charge in [-0.2, -0.15) is 4.98 Å². The highest BCUT2D eigenvalue weighted by atomic mass is 16.5. The van der Waals surface area contributed by atoms with Gasteiger partial charge in [0.1, 0.15) is 11.3 Å². The molecule has 4 N–H and O–H groups in total. The third-order valence-corrected chi connectivity index (χ3v) is 5.13. The van der Waals surface area contributed by atoms with E-state index in [0.717, 1.165) is 28.8 Å². The first-order chi connectivity index (χ1) is 16.6. The lowest BCUT2D eigenvalue weighted by molar-refractivity contribution is -0.138. The van der Waals surface area contributed by atoms with Crippen molar-refractivity contribution < 1.29 is 29.3 Å². The zero-order valence-corrected chi connectivity index (χ0v) is 19.4. The van der Waals surface area contributed by atoms with E-state index in [-0.39, 0.29) is 24.4 Å². The topological polar surface area (TPSA) is 164 Å². The number of carbonyl (C=O) groups excluding carboxylic acids is 2. The Morgan fingerprint density at radius 2 is 1.71 bits per heavy atom. The van der Waals surface area contributed by atoms with Crippen LogP contribution in [0.4, 0.5) is 5.95 Å². The quantitative estimate of drug-likeness (QED) is 0.361. The second-order valence-corrected chi connectivity index (χ2v) is 8.11. The average molecular weight is 479 g/mol. The van der Waals surface area contributed by atoms with Crippen LogP contribution in [-0.4, -0.2) is 50.1 Å². The predicted molar refractivity (Wildman–Crippen MR) is 126 cm³/mol. The summed E-state index contributed by atoms with van der Waals surface area (Å²) in [6, 6.07) is 11.2. The number of carboxylic acids is 1. The number of amides is 2. The van der Waals surface area contributed by atoms with Crippen molar-refractivity contribution in [2.45, 2.75) is 32.2 Å². The molecule has 0 saturated carbocycles. The molecular weight excluding hydrogens is 454 g/mol. The van der Waals surface area contributed by atoms with Crippen molar-refractivity contribution in [2.24, 2.45) is 0 Å². The van der Waals surface area contributed by atoms with Gasteiger partial charge < -0.3 is 20.3 Å². The fraction of sp³-hybridized carbons (Fsp3) is 0.250. The van der Waals surface area contributed by atoms with E-state index >= 15 is 0 Å². The highest BCUT2D eigenvalue weighted by Gasteiger charge is 2.26. The highest BCUT2D eigenvalue weighted by molar-refractivity contribution is 5.97. The molecule has 0 spiro atoms. The number of nitrogens with one attached hydrogen (secondary N) is 2. The number of ether oxygens (including phenoxy) is 1. The standard InChI is InChI=1S/C24H25N5O6/c1-24(2,15-6-9-18(25-12-15)14-4-7-16(35-3)8-5-14)29-22(34)17-13-26-23(28-21(17)33)27-19(30)10-11-20(31)32/h4-9,12-13H,10-11H2,1-3H3,(H,29,34)(H,31,32)(H2,26,27,28,30,33). The molecule has 0 fully saturated rings. The Morgan fingerprint density at radius 3 is 2.29 bits per heavy atom. The van der Waals surface area contributed by atoms with E-state index in [9.17, 15) is 19.5 Å².